The molecule has 1 amide bonds. The molecule has 0 aromatic heterocycles. The van der Waals surface area contributed by atoms with Crippen LogP contribution in [0.5, 0.6) is 0 Å². The van der Waals surface area contributed by atoms with E-state index in [1.54, 1.807) is 0 Å². The molecular formula is C19H28N2O5S. The van der Waals surface area contributed by atoms with Crippen LogP contribution in [0.4, 0.5) is 0 Å². The molecule has 0 radical (unpaired) electrons. The van der Waals surface area contributed by atoms with Crippen molar-refractivity contribution < 1.29 is 23.1 Å². The zero-order chi connectivity index (χ0) is 20.0. The number of nitrogens with one attached hydrogen (secondary N) is 1. The number of sulfonamides is 1. The Balaban J connectivity index is 1.88. The van der Waals surface area contributed by atoms with Gasteiger partial charge in [0.05, 0.1) is 10.5 Å². The van der Waals surface area contributed by atoms with E-state index in [9.17, 15) is 18.0 Å². The fraction of sp³-hybridized carbons (Fsp3) is 0.579. The van der Waals surface area contributed by atoms with E-state index in [1.165, 1.54) is 28.6 Å². The van der Waals surface area contributed by atoms with Crippen LogP contribution in [0.1, 0.15) is 49.9 Å². The lowest BCUT2D eigenvalue weighted by Crippen LogP contribution is -2.43. The molecule has 1 aromatic carbocycles. The van der Waals surface area contributed by atoms with Crippen LogP contribution in [0.15, 0.2) is 29.2 Å². The Kier molecular flexibility index (Phi) is 7.38. The van der Waals surface area contributed by atoms with Gasteiger partial charge in [-0.1, -0.05) is 13.8 Å². The predicted octanol–water partition coefficient (Wildman–Crippen LogP) is 2.34. The number of amides is 1. The number of rotatable bonds is 8. The molecule has 1 aliphatic rings. The van der Waals surface area contributed by atoms with Gasteiger partial charge in [0.1, 0.15) is 0 Å². The van der Waals surface area contributed by atoms with Crippen molar-refractivity contribution in [3.8, 4) is 0 Å². The van der Waals surface area contributed by atoms with Crippen molar-refractivity contribution in [3.63, 3.8) is 0 Å². The van der Waals surface area contributed by atoms with Crippen LogP contribution in [0, 0.1) is 11.8 Å². The summed E-state index contributed by atoms with van der Waals surface area (Å²) in [5.74, 6) is -0.648. The largest absolute Gasteiger partial charge is 0.478 e. The van der Waals surface area contributed by atoms with Crippen molar-refractivity contribution in [1.82, 2.24) is 9.62 Å². The van der Waals surface area contributed by atoms with Crippen LogP contribution in [-0.2, 0) is 14.8 Å². The molecule has 0 spiro atoms. The standard InChI is InChI=1S/C19H28N2O5S/c1-14(2)4-3-11-20-18(22)15-9-12-21(13-10-15)27(25,26)17-7-5-16(6-8-17)19(23)24/h5-8,14-15H,3-4,9-13H2,1-2H3,(H,20,22)(H,23,24). The summed E-state index contributed by atoms with van der Waals surface area (Å²) in [5, 5.41) is 11.9. The third-order valence-corrected chi connectivity index (χ3v) is 6.73. The third kappa shape index (κ3) is 5.77. The van der Waals surface area contributed by atoms with Crippen LogP contribution in [0.2, 0.25) is 0 Å². The maximum absolute atomic E-state index is 12.7. The van der Waals surface area contributed by atoms with E-state index >= 15 is 0 Å². The first kappa shape index (κ1) is 21.4. The number of nitrogens with zero attached hydrogens (tertiary/aromatic N) is 1. The molecule has 27 heavy (non-hydrogen) atoms. The number of carbonyl (C=O) groups is 2. The highest BCUT2D eigenvalue weighted by molar-refractivity contribution is 7.89. The monoisotopic (exact) mass is 396 g/mol. The van der Waals surface area contributed by atoms with Gasteiger partial charge < -0.3 is 10.4 Å². The zero-order valence-corrected chi connectivity index (χ0v) is 16.7. The molecule has 0 unspecified atom stereocenters. The average Bonchev–Trinajstić information content (AvgIpc) is 2.65. The number of hydrogen-bond donors (Lipinski definition) is 2. The molecule has 1 aliphatic heterocycles. The maximum Gasteiger partial charge on any atom is 0.335 e. The van der Waals surface area contributed by atoms with E-state index in [1.807, 2.05) is 0 Å². The Bertz CT molecular complexity index is 751. The molecule has 1 aromatic rings. The zero-order valence-electron chi connectivity index (χ0n) is 15.8. The molecule has 0 bridgehead atoms. The van der Waals surface area contributed by atoms with Crippen molar-refractivity contribution in [1.29, 1.82) is 0 Å². The van der Waals surface area contributed by atoms with Gasteiger partial charge in [0.2, 0.25) is 15.9 Å². The van der Waals surface area contributed by atoms with Crippen molar-refractivity contribution in [2.45, 2.75) is 44.4 Å². The summed E-state index contributed by atoms with van der Waals surface area (Å²) in [6.45, 7) is 5.52. The summed E-state index contributed by atoms with van der Waals surface area (Å²) in [7, 11) is -3.68. The SMILES string of the molecule is CC(C)CCCNC(=O)C1CCN(S(=O)(=O)c2ccc(C(=O)O)cc2)CC1. The molecule has 0 atom stereocenters. The minimum atomic E-state index is -3.68. The van der Waals surface area contributed by atoms with Gasteiger partial charge in [0.25, 0.3) is 0 Å². The second kappa shape index (κ2) is 9.32. The van der Waals surface area contributed by atoms with E-state index in [0.29, 0.717) is 25.3 Å². The van der Waals surface area contributed by atoms with Gasteiger partial charge >= 0.3 is 5.97 Å². The van der Waals surface area contributed by atoms with E-state index in [0.717, 1.165) is 12.8 Å². The third-order valence-electron chi connectivity index (χ3n) is 4.82. The predicted molar refractivity (Wildman–Crippen MR) is 102 cm³/mol. The molecule has 150 valence electrons. The lowest BCUT2D eigenvalue weighted by atomic mass is 9.97. The quantitative estimate of drug-likeness (QED) is 0.657. The molecule has 1 heterocycles. The number of piperidine rings is 1. The van der Waals surface area contributed by atoms with E-state index < -0.39 is 16.0 Å². The minimum absolute atomic E-state index is 0.00150. The molecular weight excluding hydrogens is 368 g/mol. The molecule has 8 heteroatoms. The Morgan fingerprint density at radius 3 is 2.30 bits per heavy atom. The lowest BCUT2D eigenvalue weighted by molar-refractivity contribution is -0.126. The second-order valence-corrected chi connectivity index (χ2v) is 9.27. The highest BCUT2D eigenvalue weighted by atomic mass is 32.2. The van der Waals surface area contributed by atoms with Crippen LogP contribution >= 0.6 is 0 Å². The Hall–Kier alpha value is -1.93. The summed E-state index contributed by atoms with van der Waals surface area (Å²) in [6, 6.07) is 5.19. The van der Waals surface area contributed by atoms with E-state index in [4.69, 9.17) is 5.11 Å². The molecule has 0 aliphatic carbocycles. The summed E-state index contributed by atoms with van der Waals surface area (Å²) in [5.41, 5.74) is 0.0433. The van der Waals surface area contributed by atoms with E-state index in [-0.39, 0.29) is 35.4 Å². The van der Waals surface area contributed by atoms with Gasteiger partial charge in [-0.3, -0.25) is 4.79 Å². The fourth-order valence-electron chi connectivity index (χ4n) is 3.14. The molecule has 1 fully saturated rings. The molecule has 7 nitrogen and oxygen atoms in total. The Morgan fingerprint density at radius 2 is 1.78 bits per heavy atom. The number of carbonyl (C=O) groups excluding carboxylic acids is 1. The first-order valence-corrected chi connectivity index (χ1v) is 10.8. The number of carboxylic acids is 1. The number of aromatic carboxylic acids is 1. The molecule has 1 saturated heterocycles. The highest BCUT2D eigenvalue weighted by Gasteiger charge is 2.32. The van der Waals surface area contributed by atoms with Gasteiger partial charge in [-0.25, -0.2) is 13.2 Å². The van der Waals surface area contributed by atoms with Crippen molar-refractivity contribution in [3.05, 3.63) is 29.8 Å². The van der Waals surface area contributed by atoms with Crippen molar-refractivity contribution in [2.24, 2.45) is 11.8 Å². The molecule has 2 rings (SSSR count). The Labute approximate surface area is 160 Å². The summed E-state index contributed by atoms with van der Waals surface area (Å²) in [6.07, 6.45) is 2.99. The minimum Gasteiger partial charge on any atom is -0.478 e. The summed E-state index contributed by atoms with van der Waals surface area (Å²) in [4.78, 5) is 23.2. The van der Waals surface area contributed by atoms with Gasteiger partial charge in [-0.05, 0) is 55.9 Å². The number of carboxylic acid groups (broad SMARTS) is 1. The van der Waals surface area contributed by atoms with Gasteiger partial charge in [0.15, 0.2) is 0 Å². The number of benzene rings is 1. The van der Waals surface area contributed by atoms with Crippen LogP contribution in [0.25, 0.3) is 0 Å². The van der Waals surface area contributed by atoms with Crippen LogP contribution < -0.4 is 5.32 Å². The average molecular weight is 397 g/mol. The second-order valence-electron chi connectivity index (χ2n) is 7.33. The first-order chi connectivity index (χ1) is 12.7. The van der Waals surface area contributed by atoms with Crippen LogP contribution in [0.3, 0.4) is 0 Å². The Morgan fingerprint density at radius 1 is 1.19 bits per heavy atom. The highest BCUT2D eigenvalue weighted by Crippen LogP contribution is 2.24. The molecule has 2 N–H and O–H groups in total. The maximum atomic E-state index is 12.7. The van der Waals surface area contributed by atoms with Gasteiger partial charge in [0, 0.05) is 25.6 Å². The lowest BCUT2D eigenvalue weighted by Gasteiger charge is -2.30. The smallest absolute Gasteiger partial charge is 0.335 e. The van der Waals surface area contributed by atoms with Gasteiger partial charge in [-0.2, -0.15) is 4.31 Å². The number of hydrogen-bond acceptors (Lipinski definition) is 4. The van der Waals surface area contributed by atoms with E-state index in [2.05, 4.69) is 19.2 Å². The normalized spacial score (nSPS) is 16.4. The van der Waals surface area contributed by atoms with Crippen molar-refractivity contribution >= 4 is 21.9 Å². The summed E-state index contributed by atoms with van der Waals surface area (Å²) >= 11 is 0. The molecule has 0 saturated carbocycles. The van der Waals surface area contributed by atoms with Crippen LogP contribution in [-0.4, -0.2) is 49.3 Å². The summed E-state index contributed by atoms with van der Waals surface area (Å²) < 4.78 is 26.8. The first-order valence-electron chi connectivity index (χ1n) is 9.33. The topological polar surface area (TPSA) is 104 Å². The fourth-order valence-corrected chi connectivity index (χ4v) is 4.61. The van der Waals surface area contributed by atoms with Crippen molar-refractivity contribution in [2.75, 3.05) is 19.6 Å². The van der Waals surface area contributed by atoms with Gasteiger partial charge in [-0.15, -0.1) is 0 Å².